The molecule has 0 amide bonds. The highest BCUT2D eigenvalue weighted by Gasteiger charge is 2.46. The molecule has 1 aromatic carbocycles. The first-order valence-electron chi connectivity index (χ1n) is 4.94. The topological polar surface area (TPSA) is 38.0 Å². The molecule has 0 atom stereocenters. The van der Waals surface area contributed by atoms with Gasteiger partial charge in [-0.2, -0.15) is 0 Å². The molecule has 1 aliphatic heterocycles. The summed E-state index contributed by atoms with van der Waals surface area (Å²) in [5, 5.41) is 3.42. The van der Waals surface area contributed by atoms with Crippen LogP contribution < -0.4 is 11.1 Å². The Kier molecular flexibility index (Phi) is 1.22. The fourth-order valence-electron chi connectivity index (χ4n) is 2.41. The van der Waals surface area contributed by atoms with Crippen molar-refractivity contribution in [1.82, 2.24) is 0 Å². The van der Waals surface area contributed by atoms with E-state index < -0.39 is 0 Å². The highest BCUT2D eigenvalue weighted by Crippen LogP contribution is 2.55. The number of nitrogen functional groups attached to an aromatic ring is 1. The van der Waals surface area contributed by atoms with Crippen molar-refractivity contribution < 1.29 is 0 Å². The van der Waals surface area contributed by atoms with Crippen molar-refractivity contribution >= 4 is 11.4 Å². The number of fused-ring (bicyclic) bond motifs is 2. The molecule has 1 aliphatic carbocycles. The summed E-state index contributed by atoms with van der Waals surface area (Å²) in [6, 6.07) is 6.28. The highest BCUT2D eigenvalue weighted by molar-refractivity contribution is 5.64. The first-order chi connectivity index (χ1) is 6.30. The summed E-state index contributed by atoms with van der Waals surface area (Å²) in [5.41, 5.74) is 9.91. The van der Waals surface area contributed by atoms with Gasteiger partial charge in [-0.05, 0) is 42.4 Å². The summed E-state index contributed by atoms with van der Waals surface area (Å²) in [6.45, 7) is 1.11. The molecule has 0 radical (unpaired) electrons. The maximum Gasteiger partial charge on any atom is 0.0399 e. The average molecular weight is 174 g/mol. The van der Waals surface area contributed by atoms with Gasteiger partial charge in [-0.3, -0.25) is 0 Å². The molecule has 1 spiro atoms. The minimum Gasteiger partial charge on any atom is -0.399 e. The van der Waals surface area contributed by atoms with E-state index in [1.54, 1.807) is 0 Å². The zero-order chi connectivity index (χ0) is 8.89. The molecule has 1 saturated carbocycles. The Morgan fingerprint density at radius 2 is 2.08 bits per heavy atom. The summed E-state index contributed by atoms with van der Waals surface area (Å²) in [6.07, 6.45) is 4.03. The van der Waals surface area contributed by atoms with Crippen LogP contribution in [0.1, 0.15) is 24.8 Å². The third-order valence-electron chi connectivity index (χ3n) is 3.39. The fraction of sp³-hybridized carbons (Fsp3) is 0.455. The Hall–Kier alpha value is -1.18. The van der Waals surface area contributed by atoms with Gasteiger partial charge >= 0.3 is 0 Å². The molecule has 0 unspecified atom stereocenters. The van der Waals surface area contributed by atoms with Crippen LogP contribution in [0.15, 0.2) is 18.2 Å². The van der Waals surface area contributed by atoms with Crippen LogP contribution in [-0.4, -0.2) is 6.54 Å². The van der Waals surface area contributed by atoms with E-state index in [9.17, 15) is 0 Å². The SMILES string of the molecule is Nc1ccc2c(c1)NCCC21CC1. The van der Waals surface area contributed by atoms with Crippen LogP contribution in [0.4, 0.5) is 11.4 Å². The van der Waals surface area contributed by atoms with Gasteiger partial charge in [0.25, 0.3) is 0 Å². The zero-order valence-corrected chi connectivity index (χ0v) is 7.64. The summed E-state index contributed by atoms with van der Waals surface area (Å²) in [4.78, 5) is 0. The molecule has 2 aliphatic rings. The van der Waals surface area contributed by atoms with E-state index >= 15 is 0 Å². The first kappa shape index (κ1) is 7.25. The molecule has 0 saturated heterocycles. The Labute approximate surface area is 78.1 Å². The standard InChI is InChI=1S/C11H14N2/c12-8-1-2-9-10(7-8)13-6-5-11(9)3-4-11/h1-2,7,13H,3-6,12H2. The maximum atomic E-state index is 5.75. The molecule has 3 rings (SSSR count). The molecule has 68 valence electrons. The Morgan fingerprint density at radius 1 is 1.23 bits per heavy atom. The lowest BCUT2D eigenvalue weighted by atomic mass is 9.88. The van der Waals surface area contributed by atoms with Crippen LogP contribution in [0.25, 0.3) is 0 Å². The molecular weight excluding hydrogens is 160 g/mol. The molecule has 1 fully saturated rings. The predicted octanol–water partition coefficient (Wildman–Crippen LogP) is 2.12. The number of nitrogens with one attached hydrogen (secondary N) is 1. The molecule has 0 aromatic heterocycles. The number of anilines is 2. The van der Waals surface area contributed by atoms with Gasteiger partial charge in [0.15, 0.2) is 0 Å². The third kappa shape index (κ3) is 0.947. The molecule has 1 heterocycles. The zero-order valence-electron chi connectivity index (χ0n) is 7.64. The molecule has 0 bridgehead atoms. The fourth-order valence-corrected chi connectivity index (χ4v) is 2.41. The average Bonchev–Trinajstić information content (AvgIpc) is 2.86. The smallest absolute Gasteiger partial charge is 0.0399 e. The van der Waals surface area contributed by atoms with Crippen molar-refractivity contribution in [2.45, 2.75) is 24.7 Å². The van der Waals surface area contributed by atoms with Crippen LogP contribution in [0.2, 0.25) is 0 Å². The van der Waals surface area contributed by atoms with E-state index in [0.29, 0.717) is 5.41 Å². The number of nitrogens with two attached hydrogens (primary N) is 1. The lowest BCUT2D eigenvalue weighted by molar-refractivity contribution is 0.622. The third-order valence-corrected chi connectivity index (χ3v) is 3.39. The number of hydrogen-bond donors (Lipinski definition) is 2. The van der Waals surface area contributed by atoms with Crippen LogP contribution in [0.3, 0.4) is 0 Å². The maximum absolute atomic E-state index is 5.75. The normalized spacial score (nSPS) is 22.2. The van der Waals surface area contributed by atoms with Crippen LogP contribution in [0.5, 0.6) is 0 Å². The molecule has 2 heteroatoms. The second kappa shape index (κ2) is 2.19. The van der Waals surface area contributed by atoms with Gasteiger partial charge in [0, 0.05) is 17.9 Å². The van der Waals surface area contributed by atoms with Gasteiger partial charge in [-0.25, -0.2) is 0 Å². The monoisotopic (exact) mass is 174 g/mol. The molecule has 3 N–H and O–H groups in total. The molecule has 1 aromatic rings. The van der Waals surface area contributed by atoms with Crippen molar-refractivity contribution in [3.05, 3.63) is 23.8 Å². The van der Waals surface area contributed by atoms with E-state index in [0.717, 1.165) is 12.2 Å². The van der Waals surface area contributed by atoms with Crippen LogP contribution >= 0.6 is 0 Å². The number of benzene rings is 1. The molecule has 2 nitrogen and oxygen atoms in total. The van der Waals surface area contributed by atoms with E-state index in [1.165, 1.54) is 30.5 Å². The van der Waals surface area contributed by atoms with Gasteiger partial charge in [0.2, 0.25) is 0 Å². The van der Waals surface area contributed by atoms with E-state index in [2.05, 4.69) is 17.4 Å². The summed E-state index contributed by atoms with van der Waals surface area (Å²) < 4.78 is 0. The van der Waals surface area contributed by atoms with Crippen molar-refractivity contribution in [1.29, 1.82) is 0 Å². The van der Waals surface area contributed by atoms with Gasteiger partial charge in [-0.1, -0.05) is 6.07 Å². The van der Waals surface area contributed by atoms with E-state index in [1.807, 2.05) is 6.07 Å². The second-order valence-electron chi connectivity index (χ2n) is 4.26. The molecular formula is C11H14N2. The van der Waals surface area contributed by atoms with Gasteiger partial charge in [-0.15, -0.1) is 0 Å². The van der Waals surface area contributed by atoms with Crippen molar-refractivity contribution in [3.63, 3.8) is 0 Å². The second-order valence-corrected chi connectivity index (χ2v) is 4.26. The first-order valence-corrected chi connectivity index (χ1v) is 4.94. The lowest BCUT2D eigenvalue weighted by Crippen LogP contribution is -2.21. The minimum atomic E-state index is 0.536. The lowest BCUT2D eigenvalue weighted by Gasteiger charge is -2.26. The summed E-state index contributed by atoms with van der Waals surface area (Å²) in [5.74, 6) is 0. The Balaban J connectivity index is 2.15. The van der Waals surface area contributed by atoms with Gasteiger partial charge in [0.05, 0.1) is 0 Å². The van der Waals surface area contributed by atoms with Crippen molar-refractivity contribution in [3.8, 4) is 0 Å². The van der Waals surface area contributed by atoms with E-state index in [-0.39, 0.29) is 0 Å². The van der Waals surface area contributed by atoms with E-state index in [4.69, 9.17) is 5.73 Å². The number of hydrogen-bond acceptors (Lipinski definition) is 2. The van der Waals surface area contributed by atoms with Crippen molar-refractivity contribution in [2.24, 2.45) is 0 Å². The van der Waals surface area contributed by atoms with Gasteiger partial charge < -0.3 is 11.1 Å². The van der Waals surface area contributed by atoms with Gasteiger partial charge in [0.1, 0.15) is 0 Å². The number of rotatable bonds is 0. The Bertz CT molecular complexity index is 353. The molecule has 13 heavy (non-hydrogen) atoms. The minimum absolute atomic E-state index is 0.536. The highest BCUT2D eigenvalue weighted by atomic mass is 14.9. The summed E-state index contributed by atoms with van der Waals surface area (Å²) in [7, 11) is 0. The van der Waals surface area contributed by atoms with Crippen molar-refractivity contribution in [2.75, 3.05) is 17.6 Å². The van der Waals surface area contributed by atoms with Crippen LogP contribution in [0, 0.1) is 0 Å². The predicted molar refractivity (Wildman–Crippen MR) is 54.9 cm³/mol. The largest absolute Gasteiger partial charge is 0.399 e. The summed E-state index contributed by atoms with van der Waals surface area (Å²) >= 11 is 0. The Morgan fingerprint density at radius 3 is 2.85 bits per heavy atom. The van der Waals surface area contributed by atoms with Crippen LogP contribution in [-0.2, 0) is 5.41 Å². The quantitative estimate of drug-likeness (QED) is 0.591.